The summed E-state index contributed by atoms with van der Waals surface area (Å²) in [6, 6.07) is 4.41. The Labute approximate surface area is 110 Å². The van der Waals surface area contributed by atoms with E-state index in [9.17, 15) is 4.39 Å². The van der Waals surface area contributed by atoms with Gasteiger partial charge in [0.25, 0.3) is 0 Å². The van der Waals surface area contributed by atoms with E-state index in [0.717, 1.165) is 5.56 Å². The van der Waals surface area contributed by atoms with Gasteiger partial charge in [-0.15, -0.1) is 0 Å². The minimum atomic E-state index is -0.287. The van der Waals surface area contributed by atoms with Gasteiger partial charge in [0.2, 0.25) is 11.7 Å². The first kappa shape index (κ1) is 13.5. The molecule has 0 aliphatic heterocycles. The lowest BCUT2D eigenvalue weighted by Crippen LogP contribution is -2.08. The Morgan fingerprint density at radius 3 is 2.95 bits per heavy atom. The van der Waals surface area contributed by atoms with Crippen molar-refractivity contribution < 1.29 is 13.7 Å². The van der Waals surface area contributed by atoms with Gasteiger partial charge in [0.15, 0.2) is 6.61 Å². The fraction of sp³-hybridized carbons (Fsp3) is 0.385. The van der Waals surface area contributed by atoms with Crippen LogP contribution in [-0.2, 0) is 19.6 Å². The van der Waals surface area contributed by atoms with Crippen LogP contribution in [-0.4, -0.2) is 17.2 Å². The molecule has 0 fully saturated rings. The highest BCUT2D eigenvalue weighted by molar-refractivity contribution is 5.33. The average Bonchev–Trinajstić information content (AvgIpc) is 2.86. The quantitative estimate of drug-likeness (QED) is 0.866. The van der Waals surface area contributed by atoms with Crippen LogP contribution >= 0.6 is 0 Å². The van der Waals surface area contributed by atoms with Gasteiger partial charge < -0.3 is 14.6 Å². The van der Waals surface area contributed by atoms with Gasteiger partial charge in [0.05, 0.1) is 0 Å². The molecule has 0 amide bonds. The van der Waals surface area contributed by atoms with Gasteiger partial charge in [-0.2, -0.15) is 4.98 Å². The van der Waals surface area contributed by atoms with Crippen LogP contribution in [0, 0.1) is 5.82 Å². The molecule has 1 aromatic heterocycles. The highest BCUT2D eigenvalue weighted by Gasteiger charge is 2.08. The smallest absolute Gasteiger partial charge is 0.226 e. The first-order valence-corrected chi connectivity index (χ1v) is 6.10. The third-order valence-corrected chi connectivity index (χ3v) is 2.56. The van der Waals surface area contributed by atoms with Crippen LogP contribution < -0.4 is 10.1 Å². The normalized spacial score (nSPS) is 10.7. The molecule has 5 nitrogen and oxygen atoms in total. The standard InChI is InChI=1S/C13H16FN3O2/c1-3-13-16-12(17-19-13)8-18-11-5-4-10(14)6-9(11)7-15-2/h4-6,15H,3,7-8H2,1-2H3. The molecule has 1 heterocycles. The zero-order valence-electron chi connectivity index (χ0n) is 10.9. The zero-order valence-corrected chi connectivity index (χ0v) is 10.9. The Bertz CT molecular complexity index is 542. The second kappa shape index (κ2) is 6.29. The van der Waals surface area contributed by atoms with E-state index < -0.39 is 0 Å². The fourth-order valence-electron chi connectivity index (χ4n) is 1.65. The predicted octanol–water partition coefficient (Wildman–Crippen LogP) is 2.07. The van der Waals surface area contributed by atoms with E-state index in [0.29, 0.717) is 30.4 Å². The summed E-state index contributed by atoms with van der Waals surface area (Å²) in [6.45, 7) is 2.66. The molecule has 0 atom stereocenters. The zero-order chi connectivity index (χ0) is 13.7. The van der Waals surface area contributed by atoms with Gasteiger partial charge in [0.1, 0.15) is 11.6 Å². The van der Waals surface area contributed by atoms with Crippen molar-refractivity contribution in [1.82, 2.24) is 15.5 Å². The van der Waals surface area contributed by atoms with Crippen molar-refractivity contribution in [3.8, 4) is 5.75 Å². The maximum atomic E-state index is 13.2. The lowest BCUT2D eigenvalue weighted by molar-refractivity contribution is 0.282. The molecule has 1 aromatic carbocycles. The molecule has 0 unspecified atom stereocenters. The Morgan fingerprint density at radius 2 is 2.26 bits per heavy atom. The summed E-state index contributed by atoms with van der Waals surface area (Å²) in [4.78, 5) is 4.14. The first-order chi connectivity index (χ1) is 9.22. The molecular weight excluding hydrogens is 249 g/mol. The lowest BCUT2D eigenvalue weighted by atomic mass is 10.2. The van der Waals surface area contributed by atoms with Crippen molar-refractivity contribution >= 4 is 0 Å². The number of hydrogen-bond donors (Lipinski definition) is 1. The van der Waals surface area contributed by atoms with Crippen molar-refractivity contribution in [3.05, 3.63) is 41.3 Å². The average molecular weight is 265 g/mol. The number of hydrogen-bond acceptors (Lipinski definition) is 5. The number of rotatable bonds is 6. The van der Waals surface area contributed by atoms with Crippen molar-refractivity contribution in [3.63, 3.8) is 0 Å². The second-order valence-electron chi connectivity index (χ2n) is 4.03. The fourth-order valence-corrected chi connectivity index (χ4v) is 1.65. The van der Waals surface area contributed by atoms with Crippen molar-refractivity contribution in [2.45, 2.75) is 26.5 Å². The van der Waals surface area contributed by atoms with Crippen LogP contribution in [0.1, 0.15) is 24.2 Å². The van der Waals surface area contributed by atoms with E-state index in [2.05, 4.69) is 15.5 Å². The molecule has 0 aliphatic carbocycles. The van der Waals surface area contributed by atoms with Gasteiger partial charge in [0, 0.05) is 18.5 Å². The summed E-state index contributed by atoms with van der Waals surface area (Å²) in [5, 5.41) is 6.76. The van der Waals surface area contributed by atoms with Crippen LogP contribution in [0.15, 0.2) is 22.7 Å². The van der Waals surface area contributed by atoms with E-state index in [-0.39, 0.29) is 12.4 Å². The number of nitrogens with one attached hydrogen (secondary N) is 1. The molecule has 0 radical (unpaired) electrons. The van der Waals surface area contributed by atoms with E-state index in [1.165, 1.54) is 12.1 Å². The molecule has 6 heteroatoms. The van der Waals surface area contributed by atoms with E-state index in [1.54, 1.807) is 13.1 Å². The Balaban J connectivity index is 2.05. The van der Waals surface area contributed by atoms with Crippen LogP contribution in [0.3, 0.4) is 0 Å². The van der Waals surface area contributed by atoms with E-state index in [4.69, 9.17) is 9.26 Å². The highest BCUT2D eigenvalue weighted by atomic mass is 19.1. The number of halogens is 1. The van der Waals surface area contributed by atoms with E-state index in [1.807, 2.05) is 6.92 Å². The predicted molar refractivity (Wildman–Crippen MR) is 67.2 cm³/mol. The Kier molecular flexibility index (Phi) is 4.46. The number of aryl methyl sites for hydroxylation is 1. The van der Waals surface area contributed by atoms with Gasteiger partial charge in [-0.05, 0) is 25.2 Å². The summed E-state index contributed by atoms with van der Waals surface area (Å²) in [6.07, 6.45) is 0.689. The van der Waals surface area contributed by atoms with Gasteiger partial charge in [-0.1, -0.05) is 12.1 Å². The minimum absolute atomic E-state index is 0.200. The second-order valence-corrected chi connectivity index (χ2v) is 4.03. The molecule has 1 N–H and O–H groups in total. The molecule has 0 saturated carbocycles. The molecule has 2 aromatic rings. The SMILES string of the molecule is CCc1nc(COc2ccc(F)cc2CNC)no1. The molecule has 0 saturated heterocycles. The maximum Gasteiger partial charge on any atom is 0.226 e. The van der Waals surface area contributed by atoms with Crippen LogP contribution in [0.2, 0.25) is 0 Å². The highest BCUT2D eigenvalue weighted by Crippen LogP contribution is 2.20. The molecule has 0 bridgehead atoms. The summed E-state index contributed by atoms with van der Waals surface area (Å²) in [5.74, 6) is 1.38. The summed E-state index contributed by atoms with van der Waals surface area (Å²) >= 11 is 0. The largest absolute Gasteiger partial charge is 0.485 e. The van der Waals surface area contributed by atoms with Crippen LogP contribution in [0.5, 0.6) is 5.75 Å². The lowest BCUT2D eigenvalue weighted by Gasteiger charge is -2.09. The molecule has 0 spiro atoms. The van der Waals surface area contributed by atoms with Crippen LogP contribution in [0.25, 0.3) is 0 Å². The van der Waals surface area contributed by atoms with Crippen molar-refractivity contribution in [1.29, 1.82) is 0 Å². The topological polar surface area (TPSA) is 60.2 Å². The molecule has 0 aliphatic rings. The molecule has 19 heavy (non-hydrogen) atoms. The monoisotopic (exact) mass is 265 g/mol. The first-order valence-electron chi connectivity index (χ1n) is 6.10. The third kappa shape index (κ3) is 3.51. The Hall–Kier alpha value is -1.95. The minimum Gasteiger partial charge on any atom is -0.485 e. The number of nitrogens with zero attached hydrogens (tertiary/aromatic N) is 2. The summed E-state index contributed by atoms with van der Waals surface area (Å²) in [5.41, 5.74) is 0.752. The number of benzene rings is 1. The van der Waals surface area contributed by atoms with E-state index >= 15 is 0 Å². The van der Waals surface area contributed by atoms with Gasteiger partial charge in [-0.3, -0.25) is 0 Å². The van der Waals surface area contributed by atoms with Crippen LogP contribution in [0.4, 0.5) is 4.39 Å². The molecule has 102 valence electrons. The van der Waals surface area contributed by atoms with Gasteiger partial charge in [-0.25, -0.2) is 4.39 Å². The molecular formula is C13H16FN3O2. The third-order valence-electron chi connectivity index (χ3n) is 2.56. The van der Waals surface area contributed by atoms with Crippen molar-refractivity contribution in [2.75, 3.05) is 7.05 Å². The molecule has 2 rings (SSSR count). The summed E-state index contributed by atoms with van der Waals surface area (Å²) in [7, 11) is 1.79. The maximum absolute atomic E-state index is 13.2. The number of ether oxygens (including phenoxy) is 1. The number of aromatic nitrogens is 2. The Morgan fingerprint density at radius 1 is 1.42 bits per heavy atom. The van der Waals surface area contributed by atoms with Crippen molar-refractivity contribution in [2.24, 2.45) is 0 Å². The summed E-state index contributed by atoms with van der Waals surface area (Å²) < 4.78 is 23.7. The van der Waals surface area contributed by atoms with Gasteiger partial charge >= 0.3 is 0 Å².